The van der Waals surface area contributed by atoms with Crippen LogP contribution in [-0.4, -0.2) is 48.1 Å². The van der Waals surface area contributed by atoms with Crippen molar-refractivity contribution in [3.05, 3.63) is 24.2 Å². The summed E-state index contributed by atoms with van der Waals surface area (Å²) < 4.78 is 0. The molecule has 0 aliphatic carbocycles. The summed E-state index contributed by atoms with van der Waals surface area (Å²) in [5.74, 6) is 0.455. The molecular formula is C17H26N4. The maximum Gasteiger partial charge on any atom is 0.0798 e. The van der Waals surface area contributed by atoms with E-state index in [2.05, 4.69) is 55.0 Å². The second-order valence-corrected chi connectivity index (χ2v) is 6.63. The van der Waals surface area contributed by atoms with Crippen LogP contribution in [0.15, 0.2) is 18.5 Å². The average molecular weight is 286 g/mol. The van der Waals surface area contributed by atoms with E-state index in [-0.39, 0.29) is 0 Å². The third-order valence-corrected chi connectivity index (χ3v) is 4.69. The third-order valence-electron chi connectivity index (χ3n) is 4.69. The highest BCUT2D eigenvalue weighted by molar-refractivity contribution is 5.92. The van der Waals surface area contributed by atoms with Gasteiger partial charge in [0.1, 0.15) is 0 Å². The summed E-state index contributed by atoms with van der Waals surface area (Å²) in [5.41, 5.74) is 3.70. The van der Waals surface area contributed by atoms with Crippen LogP contribution >= 0.6 is 0 Å². The smallest absolute Gasteiger partial charge is 0.0798 e. The summed E-state index contributed by atoms with van der Waals surface area (Å²) in [6.45, 7) is 6.63. The molecule has 0 amide bonds. The number of aromatic nitrogens is 2. The van der Waals surface area contributed by atoms with Crippen LogP contribution in [0.2, 0.25) is 0 Å². The number of rotatable bonds is 3. The van der Waals surface area contributed by atoms with Gasteiger partial charge in [0.05, 0.1) is 23.1 Å². The molecule has 0 saturated carbocycles. The molecule has 4 nitrogen and oxygen atoms in total. The Morgan fingerprint density at radius 1 is 1.29 bits per heavy atom. The number of pyridine rings is 1. The lowest BCUT2D eigenvalue weighted by Crippen LogP contribution is -2.42. The van der Waals surface area contributed by atoms with Crippen molar-refractivity contribution in [2.24, 2.45) is 0 Å². The third kappa shape index (κ3) is 2.64. The molecule has 0 atom stereocenters. The number of aromatic amines is 1. The number of hydrogen-bond donors (Lipinski definition) is 1. The van der Waals surface area contributed by atoms with Gasteiger partial charge in [-0.15, -0.1) is 0 Å². The van der Waals surface area contributed by atoms with Crippen LogP contribution < -0.4 is 4.90 Å². The molecule has 1 fully saturated rings. The van der Waals surface area contributed by atoms with Crippen molar-refractivity contribution >= 4 is 16.6 Å². The van der Waals surface area contributed by atoms with E-state index in [0.717, 1.165) is 13.1 Å². The Kier molecular flexibility index (Phi) is 3.89. The molecule has 1 aliphatic rings. The van der Waals surface area contributed by atoms with Crippen molar-refractivity contribution in [2.75, 3.05) is 32.1 Å². The van der Waals surface area contributed by atoms with Gasteiger partial charge in [0.2, 0.25) is 0 Å². The van der Waals surface area contributed by atoms with Crippen LogP contribution in [0.25, 0.3) is 10.9 Å². The number of nitrogens with zero attached hydrogens (tertiary/aromatic N) is 3. The van der Waals surface area contributed by atoms with Gasteiger partial charge in [0.15, 0.2) is 0 Å². The lowest BCUT2D eigenvalue weighted by atomic mass is 10.0. The summed E-state index contributed by atoms with van der Waals surface area (Å²) in [5, 5.41) is 1.28. The lowest BCUT2D eigenvalue weighted by molar-refractivity contribution is 0.250. The number of fused-ring (bicyclic) bond motifs is 1. The Balaban J connectivity index is 1.89. The summed E-state index contributed by atoms with van der Waals surface area (Å²) >= 11 is 0. The Hall–Kier alpha value is -1.55. The normalized spacial score (nSPS) is 17.3. The zero-order valence-corrected chi connectivity index (χ0v) is 13.6. The van der Waals surface area contributed by atoms with Crippen LogP contribution in [0.3, 0.4) is 0 Å². The van der Waals surface area contributed by atoms with E-state index in [0.29, 0.717) is 12.0 Å². The minimum absolute atomic E-state index is 0.455. The molecule has 1 saturated heterocycles. The molecule has 0 unspecified atom stereocenters. The van der Waals surface area contributed by atoms with Crippen molar-refractivity contribution < 1.29 is 0 Å². The van der Waals surface area contributed by atoms with E-state index < -0.39 is 0 Å². The molecule has 0 radical (unpaired) electrons. The SMILES string of the molecule is CC(C)c1ncc(N2CCC(N(C)C)CC2)c2[nH]ccc12. The first-order chi connectivity index (χ1) is 10.1. The van der Waals surface area contributed by atoms with E-state index in [1.54, 1.807) is 0 Å². The van der Waals surface area contributed by atoms with Crippen LogP contribution in [0, 0.1) is 0 Å². The maximum atomic E-state index is 4.74. The fourth-order valence-electron chi connectivity index (χ4n) is 3.38. The highest BCUT2D eigenvalue weighted by Crippen LogP contribution is 2.31. The van der Waals surface area contributed by atoms with Gasteiger partial charge in [-0.3, -0.25) is 4.98 Å². The molecular weight excluding hydrogens is 260 g/mol. The molecule has 0 aromatic carbocycles. The van der Waals surface area contributed by atoms with Crippen molar-refractivity contribution in [1.29, 1.82) is 0 Å². The molecule has 0 bridgehead atoms. The van der Waals surface area contributed by atoms with E-state index >= 15 is 0 Å². The first kappa shape index (κ1) is 14.4. The lowest BCUT2D eigenvalue weighted by Gasteiger charge is -2.36. The van der Waals surface area contributed by atoms with Crippen molar-refractivity contribution in [3.8, 4) is 0 Å². The topological polar surface area (TPSA) is 35.2 Å². The van der Waals surface area contributed by atoms with Gasteiger partial charge in [0, 0.05) is 30.7 Å². The Bertz CT molecular complexity index is 606. The zero-order chi connectivity index (χ0) is 15.0. The minimum atomic E-state index is 0.455. The Morgan fingerprint density at radius 2 is 2.00 bits per heavy atom. The second-order valence-electron chi connectivity index (χ2n) is 6.63. The molecule has 2 aromatic rings. The number of hydrogen-bond acceptors (Lipinski definition) is 3. The van der Waals surface area contributed by atoms with Crippen molar-refractivity contribution in [1.82, 2.24) is 14.9 Å². The summed E-state index contributed by atoms with van der Waals surface area (Å²) in [7, 11) is 4.37. The molecule has 4 heteroatoms. The van der Waals surface area contributed by atoms with Crippen molar-refractivity contribution in [3.63, 3.8) is 0 Å². The first-order valence-corrected chi connectivity index (χ1v) is 7.95. The van der Waals surface area contributed by atoms with Gasteiger partial charge < -0.3 is 14.8 Å². The first-order valence-electron chi connectivity index (χ1n) is 7.95. The van der Waals surface area contributed by atoms with E-state index in [4.69, 9.17) is 4.98 Å². The number of H-pyrrole nitrogens is 1. The Labute approximate surface area is 127 Å². The van der Waals surface area contributed by atoms with Crippen LogP contribution in [-0.2, 0) is 0 Å². The van der Waals surface area contributed by atoms with Gasteiger partial charge in [-0.05, 0) is 38.9 Å². The molecule has 2 aromatic heterocycles. The highest BCUT2D eigenvalue weighted by atomic mass is 15.2. The van der Waals surface area contributed by atoms with Crippen LogP contribution in [0.5, 0.6) is 0 Å². The van der Waals surface area contributed by atoms with Crippen LogP contribution in [0.4, 0.5) is 5.69 Å². The summed E-state index contributed by atoms with van der Waals surface area (Å²) in [6, 6.07) is 2.87. The quantitative estimate of drug-likeness (QED) is 0.941. The highest BCUT2D eigenvalue weighted by Gasteiger charge is 2.23. The number of nitrogens with one attached hydrogen (secondary N) is 1. The van der Waals surface area contributed by atoms with E-state index in [1.807, 2.05) is 6.20 Å². The standard InChI is InChI=1S/C17H26N4/c1-12(2)16-14-5-8-18-17(14)15(11-19-16)21-9-6-13(7-10-21)20(3)4/h5,8,11-13,18H,6-7,9-10H2,1-4H3. The summed E-state index contributed by atoms with van der Waals surface area (Å²) in [6.07, 6.45) is 6.54. The molecule has 0 spiro atoms. The van der Waals surface area contributed by atoms with Gasteiger partial charge in [-0.2, -0.15) is 0 Å². The van der Waals surface area contributed by atoms with Gasteiger partial charge >= 0.3 is 0 Å². The molecule has 3 rings (SSSR count). The van der Waals surface area contributed by atoms with E-state index in [1.165, 1.54) is 35.1 Å². The molecule has 3 heterocycles. The van der Waals surface area contributed by atoms with Crippen molar-refractivity contribution in [2.45, 2.75) is 38.6 Å². The van der Waals surface area contributed by atoms with Gasteiger partial charge in [-0.1, -0.05) is 13.8 Å². The monoisotopic (exact) mass is 286 g/mol. The maximum absolute atomic E-state index is 4.74. The van der Waals surface area contributed by atoms with E-state index in [9.17, 15) is 0 Å². The van der Waals surface area contributed by atoms with Gasteiger partial charge in [0.25, 0.3) is 0 Å². The molecule has 114 valence electrons. The largest absolute Gasteiger partial charge is 0.368 e. The predicted molar refractivity (Wildman–Crippen MR) is 89.1 cm³/mol. The number of anilines is 1. The average Bonchev–Trinajstić information content (AvgIpc) is 2.95. The molecule has 1 aliphatic heterocycles. The van der Waals surface area contributed by atoms with Gasteiger partial charge in [-0.25, -0.2) is 0 Å². The zero-order valence-electron chi connectivity index (χ0n) is 13.6. The van der Waals surface area contributed by atoms with Crippen LogP contribution in [0.1, 0.15) is 38.3 Å². The minimum Gasteiger partial charge on any atom is -0.368 e. The number of piperidine rings is 1. The fraction of sp³-hybridized carbons (Fsp3) is 0.588. The Morgan fingerprint density at radius 3 is 2.62 bits per heavy atom. The molecule has 21 heavy (non-hydrogen) atoms. The fourth-order valence-corrected chi connectivity index (χ4v) is 3.38. The predicted octanol–water partition coefficient (Wildman–Crippen LogP) is 3.22. The summed E-state index contributed by atoms with van der Waals surface area (Å²) in [4.78, 5) is 13.0. The molecule has 1 N–H and O–H groups in total. The second kappa shape index (κ2) is 5.68.